The average Bonchev–Trinajstić information content (AvgIpc) is 3.80. The smallest absolute Gasteiger partial charge is 0.160 e. The van der Waals surface area contributed by atoms with E-state index in [4.69, 9.17) is 24.4 Å². The van der Waals surface area contributed by atoms with Gasteiger partial charge in [0.15, 0.2) is 11.6 Å². The summed E-state index contributed by atoms with van der Waals surface area (Å²) in [6.45, 7) is 0. The topological polar surface area (TPSA) is 64.7 Å². The molecule has 5 heteroatoms. The Hall–Kier alpha value is -9.06. The molecule has 3 aromatic heterocycles. The summed E-state index contributed by atoms with van der Waals surface area (Å²) >= 11 is 0. The first-order chi connectivity index (χ1) is 33.2. The Morgan fingerprint density at radius 3 is 1.24 bits per heavy atom. The summed E-state index contributed by atoms with van der Waals surface area (Å²) in [5.74, 6) is 1.37. The summed E-state index contributed by atoms with van der Waals surface area (Å²) in [6.07, 6.45) is 0. The Kier molecular flexibility index (Phi) is 10.1. The first-order valence-corrected chi connectivity index (χ1v) is 22.4. The molecule has 0 radical (unpaired) electrons. The average molecular weight is 857 g/mol. The van der Waals surface area contributed by atoms with E-state index in [0.717, 1.165) is 111 Å². The van der Waals surface area contributed by atoms with Crippen LogP contribution in [0.15, 0.2) is 247 Å². The Bertz CT molecular complexity index is 3640. The predicted molar refractivity (Wildman–Crippen MR) is 274 cm³/mol. The maximum Gasteiger partial charge on any atom is 0.160 e. The number of aromatic nitrogens is 4. The number of hydrogen-bond donors (Lipinski definition) is 0. The van der Waals surface area contributed by atoms with Gasteiger partial charge in [-0.3, -0.25) is 0 Å². The molecule has 0 aliphatic carbocycles. The molecule has 0 saturated carbocycles. The lowest BCUT2D eigenvalue weighted by Gasteiger charge is -2.14. The normalized spacial score (nSPS) is 11.3. The first-order valence-electron chi connectivity index (χ1n) is 22.4. The lowest BCUT2D eigenvalue weighted by atomic mass is 9.89. The summed E-state index contributed by atoms with van der Waals surface area (Å²) < 4.78 is 6.49. The predicted octanol–water partition coefficient (Wildman–Crippen LogP) is 16.2. The van der Waals surface area contributed by atoms with E-state index in [9.17, 15) is 0 Å². The molecular weight excluding hydrogens is 817 g/mol. The lowest BCUT2D eigenvalue weighted by molar-refractivity contribution is 0.669. The van der Waals surface area contributed by atoms with Crippen LogP contribution in [0, 0.1) is 0 Å². The molecule has 0 unspecified atom stereocenters. The van der Waals surface area contributed by atoms with E-state index >= 15 is 0 Å². The zero-order valence-corrected chi connectivity index (χ0v) is 36.3. The van der Waals surface area contributed by atoms with Gasteiger partial charge in [-0.25, -0.2) is 19.9 Å². The molecule has 67 heavy (non-hydrogen) atoms. The second kappa shape index (κ2) is 17.1. The van der Waals surface area contributed by atoms with Gasteiger partial charge >= 0.3 is 0 Å². The lowest BCUT2D eigenvalue weighted by Crippen LogP contribution is -1.96. The third-order valence-corrected chi connectivity index (χ3v) is 12.4. The van der Waals surface area contributed by atoms with Crippen LogP contribution < -0.4 is 0 Å². The summed E-state index contributed by atoms with van der Waals surface area (Å²) in [4.78, 5) is 20.4. The van der Waals surface area contributed by atoms with Gasteiger partial charge in [-0.05, 0) is 58.1 Å². The van der Waals surface area contributed by atoms with Crippen molar-refractivity contribution in [2.75, 3.05) is 0 Å². The molecule has 0 N–H and O–H groups in total. The van der Waals surface area contributed by atoms with Crippen molar-refractivity contribution >= 4 is 21.9 Å². The highest BCUT2D eigenvalue weighted by atomic mass is 16.3. The van der Waals surface area contributed by atoms with Crippen molar-refractivity contribution in [3.63, 3.8) is 0 Å². The van der Waals surface area contributed by atoms with Crippen LogP contribution >= 0.6 is 0 Å². The Balaban J connectivity index is 0.958. The van der Waals surface area contributed by atoms with Crippen molar-refractivity contribution < 1.29 is 4.42 Å². The van der Waals surface area contributed by atoms with E-state index in [0.29, 0.717) is 11.6 Å². The zero-order valence-electron chi connectivity index (χ0n) is 36.3. The summed E-state index contributed by atoms with van der Waals surface area (Å²) in [5, 5.41) is 2.15. The molecule has 314 valence electrons. The maximum atomic E-state index is 6.49. The highest BCUT2D eigenvalue weighted by molar-refractivity contribution is 6.16. The molecule has 0 atom stereocenters. The standard InChI is InChI=1S/C62H40N4O/c1-5-16-41(17-6-1)49-24-15-25-50(38-49)56-40-55(65-62(66-56)48-22-11-4-12-23-48)45-32-34-46(35-33-45)59-51(36-37-58-60(59)52-26-13-14-27-57(52)67-58)42-28-30-44(31-29-42)54-39-53(43-18-7-2-8-19-43)63-61(64-54)47-20-9-3-10-21-47/h1-40H. The second-order valence-corrected chi connectivity index (χ2v) is 16.6. The number of nitrogens with zero attached hydrogens (tertiary/aromatic N) is 4. The number of furan rings is 1. The van der Waals surface area contributed by atoms with Gasteiger partial charge in [-0.1, -0.05) is 212 Å². The van der Waals surface area contributed by atoms with Crippen molar-refractivity contribution in [3.8, 4) is 101 Å². The molecule has 0 fully saturated rings. The minimum atomic E-state index is 0.678. The van der Waals surface area contributed by atoms with Crippen molar-refractivity contribution in [3.05, 3.63) is 243 Å². The van der Waals surface area contributed by atoms with Gasteiger partial charge in [-0.15, -0.1) is 0 Å². The molecule has 12 rings (SSSR count). The third kappa shape index (κ3) is 7.75. The van der Waals surface area contributed by atoms with E-state index in [-0.39, 0.29) is 0 Å². The highest BCUT2D eigenvalue weighted by Crippen LogP contribution is 2.44. The monoisotopic (exact) mass is 856 g/mol. The van der Waals surface area contributed by atoms with Crippen LogP contribution in [-0.2, 0) is 0 Å². The minimum Gasteiger partial charge on any atom is -0.456 e. The van der Waals surface area contributed by atoms with Crippen LogP contribution in [-0.4, -0.2) is 19.9 Å². The minimum absolute atomic E-state index is 0.678. The largest absolute Gasteiger partial charge is 0.456 e. The summed E-state index contributed by atoms with van der Waals surface area (Å²) in [6, 6.07) is 83.9. The fourth-order valence-corrected chi connectivity index (χ4v) is 9.00. The maximum absolute atomic E-state index is 6.49. The van der Waals surface area contributed by atoms with E-state index in [2.05, 4.69) is 170 Å². The molecule has 0 aliphatic rings. The Labute approximate surface area is 388 Å². The number of rotatable bonds is 9. The van der Waals surface area contributed by atoms with Crippen LogP contribution in [0.3, 0.4) is 0 Å². The van der Waals surface area contributed by atoms with Gasteiger partial charge in [0.1, 0.15) is 11.2 Å². The van der Waals surface area contributed by atoms with E-state index < -0.39 is 0 Å². The van der Waals surface area contributed by atoms with Gasteiger partial charge in [-0.2, -0.15) is 0 Å². The fourth-order valence-electron chi connectivity index (χ4n) is 9.00. The fraction of sp³-hybridized carbons (Fsp3) is 0. The number of para-hydroxylation sites is 1. The van der Waals surface area contributed by atoms with E-state index in [1.807, 2.05) is 72.8 Å². The van der Waals surface area contributed by atoms with Crippen LogP contribution in [0.5, 0.6) is 0 Å². The SMILES string of the molecule is c1ccc(-c2cccc(-c3cc(-c4ccc(-c5c(-c6ccc(-c7cc(-c8ccccc8)nc(-c8ccccc8)n7)cc6)ccc6oc7ccccc7c56)cc4)nc(-c4ccccc4)n3)c2)cc1. The molecule has 9 aromatic carbocycles. The highest BCUT2D eigenvalue weighted by Gasteiger charge is 2.19. The molecule has 0 spiro atoms. The van der Waals surface area contributed by atoms with Gasteiger partial charge in [0.05, 0.1) is 22.8 Å². The zero-order chi connectivity index (χ0) is 44.5. The van der Waals surface area contributed by atoms with Gasteiger partial charge in [0, 0.05) is 49.7 Å². The molecule has 0 bridgehead atoms. The van der Waals surface area contributed by atoms with Crippen LogP contribution in [0.1, 0.15) is 0 Å². The number of benzene rings is 9. The number of hydrogen-bond acceptors (Lipinski definition) is 5. The Morgan fingerprint density at radius 1 is 0.254 bits per heavy atom. The van der Waals surface area contributed by atoms with Gasteiger partial charge in [0.25, 0.3) is 0 Å². The molecule has 12 aromatic rings. The molecule has 0 aliphatic heterocycles. The summed E-state index contributed by atoms with van der Waals surface area (Å²) in [5.41, 5.74) is 17.8. The van der Waals surface area contributed by atoms with Crippen molar-refractivity contribution in [1.82, 2.24) is 19.9 Å². The van der Waals surface area contributed by atoms with Gasteiger partial charge in [0.2, 0.25) is 0 Å². The molecule has 3 heterocycles. The van der Waals surface area contributed by atoms with Crippen LogP contribution in [0.4, 0.5) is 0 Å². The van der Waals surface area contributed by atoms with E-state index in [1.165, 1.54) is 0 Å². The molecule has 0 amide bonds. The molecule has 5 nitrogen and oxygen atoms in total. The van der Waals surface area contributed by atoms with Crippen molar-refractivity contribution in [2.24, 2.45) is 0 Å². The third-order valence-electron chi connectivity index (χ3n) is 12.4. The van der Waals surface area contributed by atoms with E-state index in [1.54, 1.807) is 0 Å². The second-order valence-electron chi connectivity index (χ2n) is 16.6. The Morgan fingerprint density at radius 2 is 0.672 bits per heavy atom. The first kappa shape index (κ1) is 39.5. The summed E-state index contributed by atoms with van der Waals surface area (Å²) in [7, 11) is 0. The van der Waals surface area contributed by atoms with Crippen LogP contribution in [0.25, 0.3) is 123 Å². The quantitative estimate of drug-likeness (QED) is 0.145. The van der Waals surface area contributed by atoms with Crippen molar-refractivity contribution in [2.45, 2.75) is 0 Å². The number of fused-ring (bicyclic) bond motifs is 3. The van der Waals surface area contributed by atoms with Crippen molar-refractivity contribution in [1.29, 1.82) is 0 Å². The molecular formula is C62H40N4O. The van der Waals surface area contributed by atoms with Crippen LogP contribution in [0.2, 0.25) is 0 Å². The molecule has 0 saturated heterocycles. The van der Waals surface area contributed by atoms with Gasteiger partial charge < -0.3 is 4.42 Å².